The molecular formula is C17H12N2O3. The predicted molar refractivity (Wildman–Crippen MR) is 82.6 cm³/mol. The third kappa shape index (κ3) is 1.72. The Morgan fingerprint density at radius 1 is 1.18 bits per heavy atom. The van der Waals surface area contributed by atoms with Crippen molar-refractivity contribution in [2.75, 3.05) is 7.11 Å². The van der Waals surface area contributed by atoms with Crippen molar-refractivity contribution < 1.29 is 13.9 Å². The summed E-state index contributed by atoms with van der Waals surface area (Å²) in [6.45, 7) is 0. The SMILES string of the molecule is COC(=O)c1c(-c2ccco2)ncc2c1[nH]c1ccccc12. The molecule has 0 unspecified atom stereocenters. The van der Waals surface area contributed by atoms with E-state index in [4.69, 9.17) is 9.15 Å². The van der Waals surface area contributed by atoms with Crippen molar-refractivity contribution in [3.63, 3.8) is 0 Å². The van der Waals surface area contributed by atoms with Crippen molar-refractivity contribution in [3.8, 4) is 11.5 Å². The number of hydrogen-bond acceptors (Lipinski definition) is 4. The predicted octanol–water partition coefficient (Wildman–Crippen LogP) is 3.76. The molecule has 0 aliphatic heterocycles. The lowest BCUT2D eigenvalue weighted by Gasteiger charge is -2.06. The molecule has 0 bridgehead atoms. The van der Waals surface area contributed by atoms with Crippen LogP contribution in [0.2, 0.25) is 0 Å². The van der Waals surface area contributed by atoms with Crippen molar-refractivity contribution in [3.05, 3.63) is 54.4 Å². The molecule has 0 fully saturated rings. The van der Waals surface area contributed by atoms with Crippen LogP contribution in [0, 0.1) is 0 Å². The molecule has 5 heteroatoms. The molecule has 108 valence electrons. The van der Waals surface area contributed by atoms with Crippen molar-refractivity contribution >= 4 is 27.8 Å². The molecule has 0 atom stereocenters. The third-order valence-electron chi connectivity index (χ3n) is 3.70. The van der Waals surface area contributed by atoms with Crippen LogP contribution in [0.1, 0.15) is 10.4 Å². The van der Waals surface area contributed by atoms with Gasteiger partial charge in [-0.1, -0.05) is 18.2 Å². The van der Waals surface area contributed by atoms with Crippen LogP contribution in [0.15, 0.2) is 53.3 Å². The molecule has 0 spiro atoms. The third-order valence-corrected chi connectivity index (χ3v) is 3.70. The molecule has 0 aliphatic rings. The Bertz CT molecular complexity index is 984. The topological polar surface area (TPSA) is 68.1 Å². The Hall–Kier alpha value is -3.08. The number of nitrogens with one attached hydrogen (secondary N) is 1. The number of carbonyl (C=O) groups is 1. The molecule has 3 heterocycles. The number of hydrogen-bond donors (Lipinski definition) is 1. The number of benzene rings is 1. The van der Waals surface area contributed by atoms with Crippen LogP contribution in [0.4, 0.5) is 0 Å². The van der Waals surface area contributed by atoms with Crippen LogP contribution in [0.25, 0.3) is 33.3 Å². The van der Waals surface area contributed by atoms with Crippen LogP contribution >= 0.6 is 0 Å². The quantitative estimate of drug-likeness (QED) is 0.571. The summed E-state index contributed by atoms with van der Waals surface area (Å²) in [6, 6.07) is 11.4. The molecule has 0 amide bonds. The van der Waals surface area contributed by atoms with E-state index in [0.29, 0.717) is 22.5 Å². The largest absolute Gasteiger partial charge is 0.465 e. The maximum Gasteiger partial charge on any atom is 0.342 e. The van der Waals surface area contributed by atoms with Gasteiger partial charge in [0.15, 0.2) is 5.76 Å². The molecule has 0 saturated carbocycles. The highest BCUT2D eigenvalue weighted by atomic mass is 16.5. The zero-order chi connectivity index (χ0) is 15.1. The average Bonchev–Trinajstić information content (AvgIpc) is 3.20. The minimum absolute atomic E-state index is 0.381. The zero-order valence-electron chi connectivity index (χ0n) is 11.8. The summed E-state index contributed by atoms with van der Waals surface area (Å²) < 4.78 is 10.3. The Balaban J connectivity index is 2.14. The second kappa shape index (κ2) is 4.73. The molecule has 5 nitrogen and oxygen atoms in total. The first-order valence-electron chi connectivity index (χ1n) is 6.81. The van der Waals surface area contributed by atoms with Crippen LogP contribution in [-0.2, 0) is 4.74 Å². The number of aromatic amines is 1. The summed E-state index contributed by atoms with van der Waals surface area (Å²) in [4.78, 5) is 20.0. The summed E-state index contributed by atoms with van der Waals surface area (Å²) in [5.41, 5.74) is 2.50. The number of aromatic nitrogens is 2. The number of pyridine rings is 1. The highest BCUT2D eigenvalue weighted by Crippen LogP contribution is 2.32. The van der Waals surface area contributed by atoms with E-state index in [-0.39, 0.29) is 0 Å². The van der Waals surface area contributed by atoms with Gasteiger partial charge in [0.05, 0.1) is 18.9 Å². The monoisotopic (exact) mass is 292 g/mol. The van der Waals surface area contributed by atoms with Gasteiger partial charge >= 0.3 is 5.97 Å². The molecule has 4 aromatic rings. The second-order valence-electron chi connectivity index (χ2n) is 4.91. The van der Waals surface area contributed by atoms with E-state index in [1.165, 1.54) is 7.11 Å². The fraction of sp³-hybridized carbons (Fsp3) is 0.0588. The molecule has 0 saturated heterocycles. The smallest absolute Gasteiger partial charge is 0.342 e. The van der Waals surface area contributed by atoms with Gasteiger partial charge in [0.25, 0.3) is 0 Å². The molecule has 1 N–H and O–H groups in total. The number of esters is 1. The van der Waals surface area contributed by atoms with E-state index in [2.05, 4.69) is 9.97 Å². The Morgan fingerprint density at radius 3 is 2.82 bits per heavy atom. The van der Waals surface area contributed by atoms with E-state index in [1.807, 2.05) is 24.3 Å². The van der Waals surface area contributed by atoms with Gasteiger partial charge in [-0.05, 0) is 18.2 Å². The Morgan fingerprint density at radius 2 is 2.05 bits per heavy atom. The first-order chi connectivity index (χ1) is 10.8. The number of para-hydroxylation sites is 1. The molecule has 3 aromatic heterocycles. The Labute approximate surface area is 125 Å². The second-order valence-corrected chi connectivity index (χ2v) is 4.91. The van der Waals surface area contributed by atoms with E-state index in [9.17, 15) is 4.79 Å². The lowest BCUT2D eigenvalue weighted by atomic mass is 10.1. The van der Waals surface area contributed by atoms with Crippen LogP contribution < -0.4 is 0 Å². The molecule has 0 radical (unpaired) electrons. The maximum atomic E-state index is 12.3. The van der Waals surface area contributed by atoms with E-state index >= 15 is 0 Å². The first kappa shape index (κ1) is 12.6. The summed E-state index contributed by atoms with van der Waals surface area (Å²) in [7, 11) is 1.36. The lowest BCUT2D eigenvalue weighted by Crippen LogP contribution is -2.06. The number of furan rings is 1. The first-order valence-corrected chi connectivity index (χ1v) is 6.81. The van der Waals surface area contributed by atoms with Gasteiger partial charge in [-0.15, -0.1) is 0 Å². The lowest BCUT2D eigenvalue weighted by molar-refractivity contribution is 0.0603. The van der Waals surface area contributed by atoms with Crippen molar-refractivity contribution in [1.82, 2.24) is 9.97 Å². The highest BCUT2D eigenvalue weighted by molar-refractivity contribution is 6.15. The van der Waals surface area contributed by atoms with Crippen molar-refractivity contribution in [2.24, 2.45) is 0 Å². The van der Waals surface area contributed by atoms with Gasteiger partial charge in [-0.3, -0.25) is 4.98 Å². The molecule has 4 rings (SSSR count). The van der Waals surface area contributed by atoms with Crippen LogP contribution in [0.5, 0.6) is 0 Å². The summed E-state index contributed by atoms with van der Waals surface area (Å²) in [6.07, 6.45) is 3.30. The fourth-order valence-electron chi connectivity index (χ4n) is 2.71. The van der Waals surface area contributed by atoms with Gasteiger partial charge in [0, 0.05) is 22.5 Å². The van der Waals surface area contributed by atoms with E-state index < -0.39 is 5.97 Å². The van der Waals surface area contributed by atoms with Gasteiger partial charge in [0.2, 0.25) is 0 Å². The fourth-order valence-corrected chi connectivity index (χ4v) is 2.71. The molecular weight excluding hydrogens is 280 g/mol. The van der Waals surface area contributed by atoms with Crippen molar-refractivity contribution in [1.29, 1.82) is 0 Å². The highest BCUT2D eigenvalue weighted by Gasteiger charge is 2.22. The van der Waals surface area contributed by atoms with Gasteiger partial charge in [0.1, 0.15) is 11.3 Å². The van der Waals surface area contributed by atoms with Gasteiger partial charge in [-0.2, -0.15) is 0 Å². The number of rotatable bonds is 2. The van der Waals surface area contributed by atoms with Crippen LogP contribution in [0.3, 0.4) is 0 Å². The van der Waals surface area contributed by atoms with E-state index in [1.54, 1.807) is 24.6 Å². The minimum atomic E-state index is -0.448. The summed E-state index contributed by atoms with van der Waals surface area (Å²) >= 11 is 0. The number of carbonyl (C=O) groups excluding carboxylic acids is 1. The minimum Gasteiger partial charge on any atom is -0.465 e. The zero-order valence-corrected chi connectivity index (χ0v) is 11.8. The number of nitrogens with zero attached hydrogens (tertiary/aromatic N) is 1. The van der Waals surface area contributed by atoms with E-state index in [0.717, 1.165) is 16.3 Å². The maximum absolute atomic E-state index is 12.3. The molecule has 1 aromatic carbocycles. The van der Waals surface area contributed by atoms with Crippen molar-refractivity contribution in [2.45, 2.75) is 0 Å². The number of H-pyrrole nitrogens is 1. The standard InChI is InChI=1S/C17H12N2O3/c1-21-17(20)14-15-11(10-5-2-3-6-12(10)19-15)9-18-16(14)13-7-4-8-22-13/h2-9,19H,1H3. The normalized spacial score (nSPS) is 11.1. The number of methoxy groups -OCH3 is 1. The summed E-state index contributed by atoms with van der Waals surface area (Å²) in [5, 5.41) is 1.90. The molecule has 22 heavy (non-hydrogen) atoms. The number of fused-ring (bicyclic) bond motifs is 3. The Kier molecular flexibility index (Phi) is 2.72. The summed E-state index contributed by atoms with van der Waals surface area (Å²) in [5.74, 6) is 0.0806. The average molecular weight is 292 g/mol. The van der Waals surface area contributed by atoms with Gasteiger partial charge in [-0.25, -0.2) is 4.79 Å². The molecule has 0 aliphatic carbocycles. The number of ether oxygens (including phenoxy) is 1. The van der Waals surface area contributed by atoms with Crippen LogP contribution in [-0.4, -0.2) is 23.0 Å². The van der Waals surface area contributed by atoms with Gasteiger partial charge < -0.3 is 14.1 Å².